The zero-order chi connectivity index (χ0) is 11.1. The summed E-state index contributed by atoms with van der Waals surface area (Å²) in [6.07, 6.45) is 0.858. The molecule has 1 atom stereocenters. The van der Waals surface area contributed by atoms with Gasteiger partial charge in [-0.1, -0.05) is 6.07 Å². The molecule has 0 radical (unpaired) electrons. The highest BCUT2D eigenvalue weighted by Crippen LogP contribution is 2.37. The highest BCUT2D eigenvalue weighted by atomic mass is 16.7. The third kappa shape index (κ3) is 2.29. The van der Waals surface area contributed by atoms with E-state index in [2.05, 4.69) is 0 Å². The standard InChI is InChI=1S/C10H15B2NO2/c1-6(13)4-7-2-3-8-9(5-7)15-10(11,12)14-8/h2-3,5-6H,4,11-13H2,1H3. The fraction of sp³-hybridized carbons (Fsp3) is 0.400. The van der Waals surface area contributed by atoms with Crippen molar-refractivity contribution in [2.75, 3.05) is 0 Å². The summed E-state index contributed by atoms with van der Waals surface area (Å²) in [7, 11) is 3.80. The van der Waals surface area contributed by atoms with Crippen molar-refractivity contribution in [2.45, 2.75) is 25.0 Å². The Morgan fingerprint density at radius 3 is 2.67 bits per heavy atom. The highest BCUT2D eigenvalue weighted by molar-refractivity contribution is 6.38. The summed E-state index contributed by atoms with van der Waals surface area (Å²) in [5.74, 6) is 1.63. The Balaban J connectivity index is 2.23. The first-order chi connectivity index (χ1) is 6.96. The lowest BCUT2D eigenvalue weighted by molar-refractivity contribution is 0.0833. The van der Waals surface area contributed by atoms with E-state index >= 15 is 0 Å². The molecule has 1 aromatic rings. The van der Waals surface area contributed by atoms with Crippen molar-refractivity contribution in [3.05, 3.63) is 23.8 Å². The molecule has 1 unspecified atom stereocenters. The molecule has 0 fully saturated rings. The monoisotopic (exact) mass is 203 g/mol. The van der Waals surface area contributed by atoms with E-state index in [0.717, 1.165) is 17.9 Å². The Morgan fingerprint density at radius 2 is 2.00 bits per heavy atom. The van der Waals surface area contributed by atoms with Crippen LogP contribution in [0.3, 0.4) is 0 Å². The minimum atomic E-state index is -0.546. The van der Waals surface area contributed by atoms with E-state index < -0.39 is 5.59 Å². The summed E-state index contributed by atoms with van der Waals surface area (Å²) < 4.78 is 11.3. The van der Waals surface area contributed by atoms with E-state index in [1.54, 1.807) is 0 Å². The molecule has 1 heterocycles. The van der Waals surface area contributed by atoms with E-state index in [9.17, 15) is 0 Å². The van der Waals surface area contributed by atoms with Crippen LogP contribution in [0.2, 0.25) is 0 Å². The molecule has 78 valence electrons. The third-order valence-corrected chi connectivity index (χ3v) is 2.28. The van der Waals surface area contributed by atoms with Gasteiger partial charge in [-0.3, -0.25) is 0 Å². The van der Waals surface area contributed by atoms with Gasteiger partial charge in [0.05, 0.1) is 0 Å². The molecule has 0 bridgehead atoms. The van der Waals surface area contributed by atoms with Gasteiger partial charge in [-0.15, -0.1) is 0 Å². The first-order valence-corrected chi connectivity index (χ1v) is 5.23. The quantitative estimate of drug-likeness (QED) is 0.641. The van der Waals surface area contributed by atoms with E-state index in [1.165, 1.54) is 5.56 Å². The lowest BCUT2D eigenvalue weighted by Crippen LogP contribution is -2.39. The average Bonchev–Trinajstić information content (AvgIpc) is 2.36. The van der Waals surface area contributed by atoms with Crippen LogP contribution >= 0.6 is 0 Å². The van der Waals surface area contributed by atoms with Gasteiger partial charge in [0.15, 0.2) is 32.8 Å². The smallest absolute Gasteiger partial charge is 0.197 e. The van der Waals surface area contributed by atoms with Crippen molar-refractivity contribution in [3.8, 4) is 11.5 Å². The summed E-state index contributed by atoms with van der Waals surface area (Å²) in [5.41, 5.74) is 6.39. The van der Waals surface area contributed by atoms with Crippen LogP contribution in [0.4, 0.5) is 0 Å². The molecular formula is C10H15B2NO2. The maximum Gasteiger partial charge on any atom is 0.197 e. The molecule has 0 aliphatic carbocycles. The lowest BCUT2D eigenvalue weighted by Gasteiger charge is -2.17. The van der Waals surface area contributed by atoms with Crippen LogP contribution in [-0.4, -0.2) is 27.3 Å². The van der Waals surface area contributed by atoms with Crippen molar-refractivity contribution in [1.82, 2.24) is 0 Å². The van der Waals surface area contributed by atoms with Gasteiger partial charge in [0.1, 0.15) is 0 Å². The van der Waals surface area contributed by atoms with E-state index in [1.807, 2.05) is 40.8 Å². The molecule has 5 heteroatoms. The molecule has 1 aromatic carbocycles. The molecule has 3 nitrogen and oxygen atoms in total. The van der Waals surface area contributed by atoms with Gasteiger partial charge in [-0.05, 0) is 31.0 Å². The van der Waals surface area contributed by atoms with Gasteiger partial charge in [-0.25, -0.2) is 0 Å². The van der Waals surface area contributed by atoms with Gasteiger partial charge in [0.2, 0.25) is 0 Å². The second-order valence-corrected chi connectivity index (χ2v) is 4.57. The third-order valence-electron chi connectivity index (χ3n) is 2.28. The van der Waals surface area contributed by atoms with Gasteiger partial charge in [0, 0.05) is 6.04 Å². The first kappa shape index (κ1) is 10.4. The van der Waals surface area contributed by atoms with Crippen LogP contribution in [0.1, 0.15) is 12.5 Å². The van der Waals surface area contributed by atoms with Crippen molar-refractivity contribution < 1.29 is 9.47 Å². The molecule has 0 aromatic heterocycles. The molecule has 0 amide bonds. The number of benzene rings is 1. The maximum absolute atomic E-state index is 5.75. The Morgan fingerprint density at radius 1 is 1.33 bits per heavy atom. The van der Waals surface area contributed by atoms with Crippen LogP contribution in [0.5, 0.6) is 11.5 Å². The summed E-state index contributed by atoms with van der Waals surface area (Å²) in [5, 5.41) is 0. The van der Waals surface area contributed by atoms with Gasteiger partial charge in [0.25, 0.3) is 0 Å². The maximum atomic E-state index is 5.75. The number of ether oxygens (including phenoxy) is 2. The Bertz CT molecular complexity index is 380. The fourth-order valence-corrected chi connectivity index (χ4v) is 1.77. The van der Waals surface area contributed by atoms with Crippen LogP contribution in [0.25, 0.3) is 0 Å². The Labute approximate surface area is 91.8 Å². The van der Waals surface area contributed by atoms with Crippen molar-refractivity contribution >= 4 is 15.7 Å². The lowest BCUT2D eigenvalue weighted by atomic mass is 9.76. The average molecular weight is 203 g/mol. The largest absolute Gasteiger partial charge is 0.467 e. The molecule has 2 rings (SSSR count). The highest BCUT2D eigenvalue weighted by Gasteiger charge is 2.30. The minimum absolute atomic E-state index is 0.165. The Kier molecular flexibility index (Phi) is 2.43. The SMILES string of the molecule is BC1(B)Oc2ccc(CC(C)N)cc2O1. The van der Waals surface area contributed by atoms with Crippen molar-refractivity contribution in [2.24, 2.45) is 5.73 Å². The first-order valence-electron chi connectivity index (χ1n) is 5.23. The number of fused-ring (bicyclic) bond motifs is 1. The van der Waals surface area contributed by atoms with Crippen LogP contribution in [0, 0.1) is 0 Å². The molecule has 0 spiro atoms. The van der Waals surface area contributed by atoms with E-state index in [-0.39, 0.29) is 6.04 Å². The van der Waals surface area contributed by atoms with Gasteiger partial charge >= 0.3 is 0 Å². The van der Waals surface area contributed by atoms with Gasteiger partial charge < -0.3 is 15.2 Å². The summed E-state index contributed by atoms with van der Waals surface area (Å²) in [4.78, 5) is 0. The van der Waals surface area contributed by atoms with Crippen LogP contribution in [0.15, 0.2) is 18.2 Å². The molecule has 0 saturated carbocycles. The molecule has 1 aliphatic heterocycles. The molecular weight excluding hydrogens is 188 g/mol. The zero-order valence-electron chi connectivity index (χ0n) is 9.41. The predicted octanol–water partition coefficient (Wildman–Crippen LogP) is -0.775. The second-order valence-electron chi connectivity index (χ2n) is 4.57. The molecule has 1 aliphatic rings. The summed E-state index contributed by atoms with van der Waals surface area (Å²) in [6.45, 7) is 1.99. The fourth-order valence-electron chi connectivity index (χ4n) is 1.77. The summed E-state index contributed by atoms with van der Waals surface area (Å²) in [6, 6.07) is 6.15. The number of hydrogen-bond acceptors (Lipinski definition) is 3. The number of nitrogens with two attached hydrogens (primary N) is 1. The van der Waals surface area contributed by atoms with E-state index in [0.29, 0.717) is 0 Å². The molecule has 0 saturated heterocycles. The number of hydrogen-bond donors (Lipinski definition) is 1. The van der Waals surface area contributed by atoms with Gasteiger partial charge in [-0.2, -0.15) is 0 Å². The van der Waals surface area contributed by atoms with Crippen molar-refractivity contribution in [1.29, 1.82) is 0 Å². The topological polar surface area (TPSA) is 44.5 Å². The molecule has 15 heavy (non-hydrogen) atoms. The van der Waals surface area contributed by atoms with Crippen LogP contribution in [-0.2, 0) is 6.42 Å². The zero-order valence-corrected chi connectivity index (χ0v) is 9.41. The van der Waals surface area contributed by atoms with Crippen molar-refractivity contribution in [3.63, 3.8) is 0 Å². The van der Waals surface area contributed by atoms with Crippen LogP contribution < -0.4 is 15.2 Å². The normalized spacial score (nSPS) is 18.8. The minimum Gasteiger partial charge on any atom is -0.467 e. The number of rotatable bonds is 2. The summed E-state index contributed by atoms with van der Waals surface area (Å²) >= 11 is 0. The second kappa shape index (κ2) is 3.49. The molecule has 2 N–H and O–H groups in total. The Hall–Kier alpha value is -1.09. The predicted molar refractivity (Wildman–Crippen MR) is 64.9 cm³/mol. The van der Waals surface area contributed by atoms with E-state index in [4.69, 9.17) is 15.2 Å².